The van der Waals surface area contributed by atoms with E-state index in [0.29, 0.717) is 6.61 Å². The van der Waals surface area contributed by atoms with Gasteiger partial charge in [0.25, 0.3) is 0 Å². The maximum Gasteiger partial charge on any atom is 0.408 e. The van der Waals surface area contributed by atoms with E-state index in [9.17, 15) is 24.9 Å². The van der Waals surface area contributed by atoms with Gasteiger partial charge in [-0.25, -0.2) is 9.59 Å². The van der Waals surface area contributed by atoms with E-state index in [1.165, 1.54) is 6.42 Å². The Morgan fingerprint density at radius 3 is 2.43 bits per heavy atom. The van der Waals surface area contributed by atoms with Gasteiger partial charge in [0.2, 0.25) is 0 Å². The molecule has 0 aliphatic carbocycles. The monoisotopic (exact) mass is 612 g/mol. The van der Waals surface area contributed by atoms with Crippen LogP contribution in [0.3, 0.4) is 0 Å². The number of ether oxygens (including phenoxy) is 4. The average molecular weight is 613 g/mol. The van der Waals surface area contributed by atoms with Crippen LogP contribution in [0.2, 0.25) is 0 Å². The number of unbranched alkanes of at least 4 members (excludes halogenated alkanes) is 5. The Bertz CT molecular complexity index is 1300. The first-order chi connectivity index (χ1) is 21.4. The number of fused-ring (bicyclic) bond motifs is 1. The van der Waals surface area contributed by atoms with Crippen LogP contribution in [-0.2, 0) is 36.8 Å². The SMILES string of the molecule is CCCCCCCCO[C@@H]1O[C@H](COC(=O)[C@H](Cc2c[nH]c3ccccc23)NC(=O)OCc2ccccc2)[C@@H](O)[C@H](O)[C@H]1O. The molecule has 1 aliphatic rings. The molecule has 0 saturated carbocycles. The lowest BCUT2D eigenvalue weighted by Crippen LogP contribution is -2.59. The van der Waals surface area contributed by atoms with Gasteiger partial charge in [0, 0.05) is 30.1 Å². The molecular formula is C33H44N2O9. The minimum atomic E-state index is -1.56. The number of aliphatic hydroxyl groups excluding tert-OH is 3. The number of alkyl carbamates (subject to hydrolysis) is 1. The number of hydrogen-bond acceptors (Lipinski definition) is 9. The van der Waals surface area contributed by atoms with E-state index in [2.05, 4.69) is 17.2 Å². The van der Waals surface area contributed by atoms with Gasteiger partial charge in [-0.3, -0.25) is 0 Å². The quantitative estimate of drug-likeness (QED) is 0.120. The highest BCUT2D eigenvalue weighted by atomic mass is 16.7. The zero-order valence-corrected chi connectivity index (χ0v) is 25.1. The Kier molecular flexibility index (Phi) is 13.0. The lowest BCUT2D eigenvalue weighted by Gasteiger charge is -2.40. The smallest absolute Gasteiger partial charge is 0.408 e. The van der Waals surface area contributed by atoms with Crippen molar-refractivity contribution in [3.63, 3.8) is 0 Å². The first-order valence-corrected chi connectivity index (χ1v) is 15.4. The largest absolute Gasteiger partial charge is 0.461 e. The number of aliphatic hydroxyl groups is 3. The zero-order chi connectivity index (χ0) is 31.3. The summed E-state index contributed by atoms with van der Waals surface area (Å²) < 4.78 is 22.2. The van der Waals surface area contributed by atoms with Crippen LogP contribution in [0.1, 0.15) is 56.6 Å². The van der Waals surface area contributed by atoms with Crippen LogP contribution in [0.15, 0.2) is 60.8 Å². The molecule has 11 heteroatoms. The van der Waals surface area contributed by atoms with Gasteiger partial charge < -0.3 is 44.6 Å². The van der Waals surface area contributed by atoms with Gasteiger partial charge in [0.15, 0.2) is 6.29 Å². The molecule has 11 nitrogen and oxygen atoms in total. The second-order valence-electron chi connectivity index (χ2n) is 11.1. The van der Waals surface area contributed by atoms with Crippen molar-refractivity contribution in [2.45, 2.75) is 95.2 Å². The number of nitrogens with one attached hydrogen (secondary N) is 2. The summed E-state index contributed by atoms with van der Waals surface area (Å²) in [7, 11) is 0. The molecule has 5 N–H and O–H groups in total. The van der Waals surface area contributed by atoms with Crippen LogP contribution in [0.4, 0.5) is 4.79 Å². The van der Waals surface area contributed by atoms with Crippen LogP contribution in [0, 0.1) is 0 Å². The summed E-state index contributed by atoms with van der Waals surface area (Å²) in [5.41, 5.74) is 2.44. The zero-order valence-electron chi connectivity index (χ0n) is 25.1. The molecule has 44 heavy (non-hydrogen) atoms. The molecule has 1 saturated heterocycles. The molecule has 1 amide bonds. The van der Waals surface area contributed by atoms with Crippen LogP contribution >= 0.6 is 0 Å². The van der Waals surface area contributed by atoms with Crippen molar-refractivity contribution in [1.29, 1.82) is 0 Å². The van der Waals surface area contributed by atoms with E-state index in [1.807, 2.05) is 54.6 Å². The van der Waals surface area contributed by atoms with Crippen molar-refractivity contribution in [2.24, 2.45) is 0 Å². The third-order valence-electron chi connectivity index (χ3n) is 7.73. The summed E-state index contributed by atoms with van der Waals surface area (Å²) in [6.45, 7) is 2.04. The van der Waals surface area contributed by atoms with Gasteiger partial charge in [-0.2, -0.15) is 0 Å². The minimum absolute atomic E-state index is 0.0178. The Hall–Kier alpha value is -3.48. The molecule has 0 bridgehead atoms. The van der Waals surface area contributed by atoms with E-state index in [-0.39, 0.29) is 13.0 Å². The molecule has 2 aromatic carbocycles. The Labute approximate surface area is 257 Å². The number of para-hydroxylation sites is 1. The molecule has 0 radical (unpaired) electrons. The van der Waals surface area contributed by atoms with E-state index < -0.39 is 55.4 Å². The van der Waals surface area contributed by atoms with E-state index in [4.69, 9.17) is 18.9 Å². The van der Waals surface area contributed by atoms with Gasteiger partial charge >= 0.3 is 12.1 Å². The van der Waals surface area contributed by atoms with Crippen molar-refractivity contribution in [3.8, 4) is 0 Å². The van der Waals surface area contributed by atoms with E-state index in [0.717, 1.165) is 54.1 Å². The summed E-state index contributed by atoms with van der Waals surface area (Å²) in [6.07, 6.45) is 0.456. The standard InChI is InChI=1S/C33H44N2O9/c1-2-3-4-5-6-12-17-41-32-30(38)29(37)28(36)27(44-32)21-42-31(39)26(18-23-19-34-25-16-11-10-15-24(23)25)35-33(40)43-20-22-13-8-7-9-14-22/h7-11,13-16,19,26-30,32,34,36-38H,2-6,12,17-18,20-21H2,1H3,(H,35,40)/t26-,27+,28+,29-,30+,32+/m0/s1. The van der Waals surface area contributed by atoms with Crippen molar-refractivity contribution >= 4 is 23.0 Å². The molecule has 2 heterocycles. The summed E-state index contributed by atoms with van der Waals surface area (Å²) in [4.78, 5) is 29.2. The molecule has 0 spiro atoms. The lowest BCUT2D eigenvalue weighted by atomic mass is 9.99. The van der Waals surface area contributed by atoms with Gasteiger partial charge in [-0.05, 0) is 23.6 Å². The number of benzene rings is 2. The number of esters is 1. The van der Waals surface area contributed by atoms with Crippen molar-refractivity contribution in [3.05, 3.63) is 71.9 Å². The van der Waals surface area contributed by atoms with Crippen LogP contribution < -0.4 is 5.32 Å². The van der Waals surface area contributed by atoms with Crippen molar-refractivity contribution in [1.82, 2.24) is 10.3 Å². The second-order valence-corrected chi connectivity index (χ2v) is 11.1. The van der Waals surface area contributed by atoms with E-state index in [1.54, 1.807) is 6.20 Å². The number of aromatic amines is 1. The summed E-state index contributed by atoms with van der Waals surface area (Å²) in [5, 5.41) is 34.9. The molecular weight excluding hydrogens is 568 g/mol. The fourth-order valence-electron chi connectivity index (χ4n) is 5.16. The minimum Gasteiger partial charge on any atom is -0.461 e. The predicted octanol–water partition coefficient (Wildman–Crippen LogP) is 3.73. The number of rotatable bonds is 16. The maximum absolute atomic E-state index is 13.3. The van der Waals surface area contributed by atoms with Crippen LogP contribution in [0.25, 0.3) is 10.9 Å². The molecule has 1 fully saturated rings. The molecule has 4 rings (SSSR count). The molecule has 1 aromatic heterocycles. The highest BCUT2D eigenvalue weighted by Crippen LogP contribution is 2.24. The topological polar surface area (TPSA) is 160 Å². The molecule has 0 unspecified atom stereocenters. The van der Waals surface area contributed by atoms with Crippen molar-refractivity contribution in [2.75, 3.05) is 13.2 Å². The average Bonchev–Trinajstić information content (AvgIpc) is 3.45. The first-order valence-electron chi connectivity index (χ1n) is 15.4. The Morgan fingerprint density at radius 2 is 1.64 bits per heavy atom. The number of carbonyl (C=O) groups excluding carboxylic acids is 2. The number of carbonyl (C=O) groups is 2. The van der Waals surface area contributed by atoms with Crippen LogP contribution in [0.5, 0.6) is 0 Å². The maximum atomic E-state index is 13.3. The molecule has 6 atom stereocenters. The molecule has 240 valence electrons. The van der Waals surface area contributed by atoms with Gasteiger partial charge in [0.05, 0.1) is 0 Å². The van der Waals surface area contributed by atoms with E-state index >= 15 is 0 Å². The summed E-state index contributed by atoms with van der Waals surface area (Å²) in [6, 6.07) is 15.6. The van der Waals surface area contributed by atoms with Crippen LogP contribution in [-0.4, -0.2) is 82.3 Å². The van der Waals surface area contributed by atoms with Gasteiger partial charge in [0.1, 0.15) is 43.7 Å². The summed E-state index contributed by atoms with van der Waals surface area (Å²) in [5.74, 6) is -0.784. The number of hydrogen-bond donors (Lipinski definition) is 5. The highest BCUT2D eigenvalue weighted by Gasteiger charge is 2.45. The van der Waals surface area contributed by atoms with Crippen molar-refractivity contribution < 1.29 is 43.9 Å². The summed E-state index contributed by atoms with van der Waals surface area (Å²) >= 11 is 0. The molecule has 1 aliphatic heterocycles. The second kappa shape index (κ2) is 17.1. The number of amides is 1. The number of aromatic nitrogens is 1. The third kappa shape index (κ3) is 9.51. The first kappa shape index (κ1) is 33.4. The lowest BCUT2D eigenvalue weighted by molar-refractivity contribution is -0.301. The molecule has 3 aromatic rings. The highest BCUT2D eigenvalue weighted by molar-refractivity contribution is 5.86. The fraction of sp³-hybridized carbons (Fsp3) is 0.515. The number of H-pyrrole nitrogens is 1. The normalized spacial score (nSPS) is 22.4. The predicted molar refractivity (Wildman–Crippen MR) is 163 cm³/mol. The fourth-order valence-corrected chi connectivity index (χ4v) is 5.16. The van der Waals surface area contributed by atoms with Gasteiger partial charge in [-0.15, -0.1) is 0 Å². The third-order valence-corrected chi connectivity index (χ3v) is 7.73. The Balaban J connectivity index is 1.36. The Morgan fingerprint density at radius 1 is 0.909 bits per heavy atom. The van der Waals surface area contributed by atoms with Gasteiger partial charge in [-0.1, -0.05) is 87.6 Å².